The fourth-order valence-corrected chi connectivity index (χ4v) is 4.24. The Kier molecular flexibility index (Phi) is 3.87. The summed E-state index contributed by atoms with van der Waals surface area (Å²) in [4.78, 5) is 20.7. The lowest BCUT2D eigenvalue weighted by molar-refractivity contribution is 0.0785. The SMILES string of the molecule is Cc1nc(-c2cccs2)sc1C(=O)N1CCC(CO)C1. The number of aromatic nitrogens is 1. The van der Waals surface area contributed by atoms with Gasteiger partial charge in [0.2, 0.25) is 0 Å². The average molecular weight is 308 g/mol. The Balaban J connectivity index is 1.82. The molecule has 3 rings (SSSR count). The van der Waals surface area contributed by atoms with Crippen LogP contribution in [0.2, 0.25) is 0 Å². The summed E-state index contributed by atoms with van der Waals surface area (Å²) in [6.07, 6.45) is 0.887. The molecule has 1 saturated heterocycles. The van der Waals surface area contributed by atoms with E-state index >= 15 is 0 Å². The molecule has 1 atom stereocenters. The number of aliphatic hydroxyl groups excluding tert-OH is 1. The molecule has 106 valence electrons. The van der Waals surface area contributed by atoms with E-state index in [1.54, 1.807) is 11.3 Å². The molecule has 1 aliphatic heterocycles. The molecular weight excluding hydrogens is 292 g/mol. The molecule has 0 saturated carbocycles. The number of rotatable bonds is 3. The minimum atomic E-state index is 0.0544. The Hall–Kier alpha value is -1.24. The normalized spacial score (nSPS) is 18.7. The summed E-state index contributed by atoms with van der Waals surface area (Å²) in [5, 5.41) is 12.1. The number of thiazole rings is 1. The summed E-state index contributed by atoms with van der Waals surface area (Å²) in [6, 6.07) is 4.01. The highest BCUT2D eigenvalue weighted by molar-refractivity contribution is 7.22. The van der Waals surface area contributed by atoms with Crippen molar-refractivity contribution in [1.29, 1.82) is 0 Å². The van der Waals surface area contributed by atoms with Gasteiger partial charge in [0.05, 0.1) is 10.6 Å². The molecule has 2 aromatic heterocycles. The summed E-state index contributed by atoms with van der Waals surface area (Å²) in [7, 11) is 0. The quantitative estimate of drug-likeness (QED) is 0.948. The standard InChI is InChI=1S/C14H16N2O2S2/c1-9-12(14(18)16-5-4-10(7-16)8-17)20-13(15-9)11-3-2-6-19-11/h2-3,6,10,17H,4-5,7-8H2,1H3. The van der Waals surface area contributed by atoms with Crippen LogP contribution < -0.4 is 0 Å². The van der Waals surface area contributed by atoms with Gasteiger partial charge in [-0.25, -0.2) is 4.98 Å². The zero-order valence-corrected chi connectivity index (χ0v) is 12.8. The first-order chi connectivity index (χ1) is 9.69. The predicted molar refractivity (Wildman–Crippen MR) is 81.3 cm³/mol. The van der Waals surface area contributed by atoms with E-state index in [1.165, 1.54) is 11.3 Å². The maximum absolute atomic E-state index is 12.5. The summed E-state index contributed by atoms with van der Waals surface area (Å²) >= 11 is 3.10. The van der Waals surface area contributed by atoms with E-state index in [1.807, 2.05) is 29.3 Å². The molecule has 0 radical (unpaired) electrons. The Morgan fingerprint density at radius 3 is 3.10 bits per heavy atom. The van der Waals surface area contributed by atoms with Crippen molar-refractivity contribution in [3.8, 4) is 9.88 Å². The highest BCUT2D eigenvalue weighted by Crippen LogP contribution is 2.32. The van der Waals surface area contributed by atoms with Crippen molar-refractivity contribution in [3.05, 3.63) is 28.1 Å². The Labute approximate surface area is 125 Å². The van der Waals surface area contributed by atoms with Crippen LogP contribution in [0.4, 0.5) is 0 Å². The first kappa shape index (κ1) is 13.7. The van der Waals surface area contributed by atoms with E-state index < -0.39 is 0 Å². The molecule has 1 amide bonds. The van der Waals surface area contributed by atoms with Crippen LogP contribution in [0.15, 0.2) is 17.5 Å². The van der Waals surface area contributed by atoms with Gasteiger partial charge in [-0.05, 0) is 24.8 Å². The lowest BCUT2D eigenvalue weighted by Gasteiger charge is -2.15. The highest BCUT2D eigenvalue weighted by Gasteiger charge is 2.29. The van der Waals surface area contributed by atoms with Gasteiger partial charge in [0.25, 0.3) is 5.91 Å². The van der Waals surface area contributed by atoms with Crippen LogP contribution in [-0.2, 0) is 0 Å². The number of aliphatic hydroxyl groups is 1. The lowest BCUT2D eigenvalue weighted by Crippen LogP contribution is -2.29. The van der Waals surface area contributed by atoms with Gasteiger partial charge in [-0.1, -0.05) is 6.07 Å². The number of carbonyl (C=O) groups is 1. The number of carbonyl (C=O) groups excluding carboxylic acids is 1. The fraction of sp³-hybridized carbons (Fsp3) is 0.429. The van der Waals surface area contributed by atoms with E-state index in [0.29, 0.717) is 6.54 Å². The van der Waals surface area contributed by atoms with Crippen LogP contribution in [0.5, 0.6) is 0 Å². The Bertz CT molecular complexity index is 607. The largest absolute Gasteiger partial charge is 0.396 e. The van der Waals surface area contributed by atoms with Gasteiger partial charge in [-0.2, -0.15) is 0 Å². The predicted octanol–water partition coefficient (Wildman–Crippen LogP) is 2.63. The smallest absolute Gasteiger partial charge is 0.265 e. The molecule has 2 aromatic rings. The second-order valence-corrected chi connectivity index (χ2v) is 6.95. The van der Waals surface area contributed by atoms with E-state index in [-0.39, 0.29) is 18.4 Å². The van der Waals surface area contributed by atoms with Gasteiger partial charge in [-0.3, -0.25) is 4.79 Å². The van der Waals surface area contributed by atoms with Crippen molar-refractivity contribution < 1.29 is 9.90 Å². The van der Waals surface area contributed by atoms with E-state index in [2.05, 4.69) is 4.98 Å². The lowest BCUT2D eigenvalue weighted by atomic mass is 10.1. The topological polar surface area (TPSA) is 53.4 Å². The first-order valence-corrected chi connectivity index (χ1v) is 8.30. The van der Waals surface area contributed by atoms with Crippen molar-refractivity contribution >= 4 is 28.6 Å². The van der Waals surface area contributed by atoms with Gasteiger partial charge < -0.3 is 10.0 Å². The second-order valence-electron chi connectivity index (χ2n) is 5.00. The third-order valence-corrected chi connectivity index (χ3v) is 5.74. The fourth-order valence-electron chi connectivity index (χ4n) is 2.41. The zero-order valence-electron chi connectivity index (χ0n) is 11.2. The molecule has 3 heterocycles. The van der Waals surface area contributed by atoms with E-state index in [9.17, 15) is 9.90 Å². The zero-order chi connectivity index (χ0) is 14.1. The first-order valence-electron chi connectivity index (χ1n) is 6.60. The Morgan fingerprint density at radius 2 is 2.45 bits per heavy atom. The molecule has 0 bridgehead atoms. The number of hydrogen-bond donors (Lipinski definition) is 1. The van der Waals surface area contributed by atoms with E-state index in [0.717, 1.165) is 33.4 Å². The summed E-state index contributed by atoms with van der Waals surface area (Å²) in [5.74, 6) is 0.280. The summed E-state index contributed by atoms with van der Waals surface area (Å²) in [6.45, 7) is 3.43. The molecule has 1 N–H and O–H groups in total. The van der Waals surface area contributed by atoms with Crippen molar-refractivity contribution in [2.24, 2.45) is 5.92 Å². The molecule has 1 unspecified atom stereocenters. The van der Waals surface area contributed by atoms with Crippen molar-refractivity contribution in [3.63, 3.8) is 0 Å². The summed E-state index contributed by atoms with van der Waals surface area (Å²) in [5.41, 5.74) is 0.802. The second kappa shape index (κ2) is 5.63. The average Bonchev–Trinajstić information content (AvgIpc) is 3.18. The van der Waals surface area contributed by atoms with Crippen molar-refractivity contribution in [2.45, 2.75) is 13.3 Å². The van der Waals surface area contributed by atoms with Crippen molar-refractivity contribution in [2.75, 3.05) is 19.7 Å². The van der Waals surface area contributed by atoms with Gasteiger partial charge in [0.15, 0.2) is 0 Å². The molecular formula is C14H16N2O2S2. The van der Waals surface area contributed by atoms with Crippen molar-refractivity contribution in [1.82, 2.24) is 9.88 Å². The molecule has 0 spiro atoms. The molecule has 4 nitrogen and oxygen atoms in total. The van der Waals surface area contributed by atoms with Crippen LogP contribution >= 0.6 is 22.7 Å². The van der Waals surface area contributed by atoms with Crippen LogP contribution in [0, 0.1) is 12.8 Å². The monoisotopic (exact) mass is 308 g/mol. The minimum Gasteiger partial charge on any atom is -0.396 e. The third-order valence-electron chi connectivity index (χ3n) is 3.55. The van der Waals surface area contributed by atoms with Crippen LogP contribution in [-0.4, -0.2) is 40.6 Å². The van der Waals surface area contributed by atoms with Crippen LogP contribution in [0.3, 0.4) is 0 Å². The van der Waals surface area contributed by atoms with Crippen LogP contribution in [0.25, 0.3) is 9.88 Å². The number of amides is 1. The summed E-state index contributed by atoms with van der Waals surface area (Å²) < 4.78 is 0. The van der Waals surface area contributed by atoms with Gasteiger partial charge in [-0.15, -0.1) is 22.7 Å². The molecule has 1 fully saturated rings. The maximum atomic E-state index is 12.5. The Morgan fingerprint density at radius 1 is 1.60 bits per heavy atom. The number of aryl methyl sites for hydroxylation is 1. The molecule has 20 heavy (non-hydrogen) atoms. The van der Waals surface area contributed by atoms with Crippen LogP contribution in [0.1, 0.15) is 21.8 Å². The molecule has 1 aliphatic rings. The maximum Gasteiger partial charge on any atom is 0.265 e. The third kappa shape index (κ3) is 2.51. The number of thiophene rings is 1. The van der Waals surface area contributed by atoms with Gasteiger partial charge in [0, 0.05) is 25.6 Å². The molecule has 0 aromatic carbocycles. The van der Waals surface area contributed by atoms with E-state index in [4.69, 9.17) is 0 Å². The molecule has 6 heteroatoms. The minimum absolute atomic E-state index is 0.0544. The number of hydrogen-bond acceptors (Lipinski definition) is 5. The van der Waals surface area contributed by atoms with Gasteiger partial charge in [0.1, 0.15) is 9.88 Å². The number of nitrogens with zero attached hydrogens (tertiary/aromatic N) is 2. The molecule has 0 aliphatic carbocycles. The number of likely N-dealkylation sites (tertiary alicyclic amines) is 1. The highest BCUT2D eigenvalue weighted by atomic mass is 32.1. The van der Waals surface area contributed by atoms with Gasteiger partial charge >= 0.3 is 0 Å².